The van der Waals surface area contributed by atoms with E-state index in [1.165, 1.54) is 24.6 Å². The molecule has 1 aliphatic carbocycles. The molecule has 2 aliphatic rings. The third kappa shape index (κ3) is 7.86. The number of carbonyl (C=O) groups excluding carboxylic acids is 2. The van der Waals surface area contributed by atoms with Gasteiger partial charge in [-0.3, -0.25) is 24.6 Å². The molecule has 3 N–H and O–H groups in total. The van der Waals surface area contributed by atoms with E-state index in [0.717, 1.165) is 44.2 Å². The Morgan fingerprint density at radius 2 is 1.77 bits per heavy atom. The number of hydrogen-bond acceptors (Lipinski definition) is 6. The topological polar surface area (TPSA) is 122 Å². The summed E-state index contributed by atoms with van der Waals surface area (Å²) in [4.78, 5) is 40.7. The van der Waals surface area contributed by atoms with Gasteiger partial charge in [-0.15, -0.1) is 0 Å². The predicted molar refractivity (Wildman–Crippen MR) is 151 cm³/mol. The van der Waals surface area contributed by atoms with Crippen molar-refractivity contribution in [2.24, 2.45) is 17.6 Å². The highest BCUT2D eigenvalue weighted by molar-refractivity contribution is 5.87. The molecule has 9 nitrogen and oxygen atoms in total. The highest BCUT2D eigenvalue weighted by Gasteiger charge is 2.40. The number of nitro groups is 1. The zero-order valence-corrected chi connectivity index (χ0v) is 22.8. The average Bonchev–Trinajstić information content (AvgIpc) is 3.41. The van der Waals surface area contributed by atoms with E-state index in [9.17, 15) is 19.7 Å². The number of carbonyl (C=O) groups is 2. The lowest BCUT2D eigenvalue weighted by molar-refractivity contribution is -0.384. The lowest BCUT2D eigenvalue weighted by Gasteiger charge is -2.29. The summed E-state index contributed by atoms with van der Waals surface area (Å²) >= 11 is 0. The molecule has 39 heavy (non-hydrogen) atoms. The zero-order valence-electron chi connectivity index (χ0n) is 22.8. The maximum Gasteiger partial charge on any atom is 0.269 e. The van der Waals surface area contributed by atoms with Gasteiger partial charge in [0, 0.05) is 51.3 Å². The van der Waals surface area contributed by atoms with Crippen LogP contribution in [0.1, 0.15) is 50.2 Å². The zero-order chi connectivity index (χ0) is 27.8. The van der Waals surface area contributed by atoms with E-state index in [1.54, 1.807) is 17.0 Å². The second-order valence-electron chi connectivity index (χ2n) is 11.1. The Morgan fingerprint density at radius 1 is 1.05 bits per heavy atom. The monoisotopic (exact) mass is 535 g/mol. The fourth-order valence-electron chi connectivity index (χ4n) is 6.11. The molecular formula is C30H41N5O4. The van der Waals surface area contributed by atoms with Crippen molar-refractivity contribution in [1.29, 1.82) is 0 Å². The van der Waals surface area contributed by atoms with Gasteiger partial charge in [0.2, 0.25) is 11.8 Å². The van der Waals surface area contributed by atoms with Crippen LogP contribution in [0.4, 0.5) is 5.69 Å². The molecule has 1 saturated heterocycles. The molecule has 0 bridgehead atoms. The molecule has 1 heterocycles. The summed E-state index contributed by atoms with van der Waals surface area (Å²) in [5, 5.41) is 14.3. The molecular weight excluding hydrogens is 494 g/mol. The molecule has 0 aromatic heterocycles. The minimum absolute atomic E-state index is 0.000134. The van der Waals surface area contributed by atoms with Gasteiger partial charge < -0.3 is 16.0 Å². The summed E-state index contributed by atoms with van der Waals surface area (Å²) in [5.41, 5.74) is 8.12. The van der Waals surface area contributed by atoms with Gasteiger partial charge in [0.15, 0.2) is 0 Å². The van der Waals surface area contributed by atoms with Crippen LogP contribution in [0.2, 0.25) is 0 Å². The number of non-ortho nitro benzene ring substituents is 1. The lowest BCUT2D eigenvalue weighted by Crippen LogP contribution is -2.46. The van der Waals surface area contributed by atoms with Crippen LogP contribution in [-0.4, -0.2) is 64.8 Å². The fourth-order valence-corrected chi connectivity index (χ4v) is 6.11. The molecule has 1 aliphatic heterocycles. The van der Waals surface area contributed by atoms with Gasteiger partial charge in [-0.1, -0.05) is 48.9 Å². The van der Waals surface area contributed by atoms with Crippen molar-refractivity contribution >= 4 is 17.5 Å². The Balaban J connectivity index is 1.45. The molecule has 4 atom stereocenters. The Hall–Kier alpha value is -3.30. The number of nitrogens with two attached hydrogens (primary N) is 1. The summed E-state index contributed by atoms with van der Waals surface area (Å²) in [7, 11) is 0. The number of benzene rings is 2. The second-order valence-corrected chi connectivity index (χ2v) is 11.1. The first-order valence-electron chi connectivity index (χ1n) is 14.1. The van der Waals surface area contributed by atoms with Crippen LogP contribution in [0.5, 0.6) is 0 Å². The van der Waals surface area contributed by atoms with E-state index in [-0.39, 0.29) is 23.5 Å². The molecule has 1 saturated carbocycles. The predicted octanol–water partition coefficient (Wildman–Crippen LogP) is 3.51. The van der Waals surface area contributed by atoms with Gasteiger partial charge in [0.25, 0.3) is 5.69 Å². The number of hydrogen-bond donors (Lipinski definition) is 2. The number of nitrogens with one attached hydrogen (secondary N) is 1. The molecule has 0 radical (unpaired) electrons. The molecule has 4 unspecified atom stereocenters. The first-order valence-corrected chi connectivity index (χ1v) is 14.1. The van der Waals surface area contributed by atoms with Gasteiger partial charge >= 0.3 is 0 Å². The minimum atomic E-state index is -0.502. The number of nitro benzene ring substituents is 1. The molecule has 2 aromatic carbocycles. The van der Waals surface area contributed by atoms with E-state index < -0.39 is 11.0 Å². The summed E-state index contributed by atoms with van der Waals surface area (Å²) in [6, 6.07) is 16.3. The van der Waals surface area contributed by atoms with E-state index in [0.29, 0.717) is 44.4 Å². The number of rotatable bonds is 11. The van der Waals surface area contributed by atoms with Crippen LogP contribution in [0, 0.1) is 22.0 Å². The Morgan fingerprint density at radius 3 is 2.44 bits per heavy atom. The largest absolute Gasteiger partial charge is 0.354 e. The average molecular weight is 536 g/mol. The van der Waals surface area contributed by atoms with Crippen LogP contribution >= 0.6 is 0 Å². The third-order valence-corrected chi connectivity index (χ3v) is 8.36. The Bertz CT molecular complexity index is 1110. The smallest absolute Gasteiger partial charge is 0.269 e. The van der Waals surface area contributed by atoms with Gasteiger partial charge in [-0.05, 0) is 61.6 Å². The summed E-state index contributed by atoms with van der Waals surface area (Å²) in [6.45, 7) is 4.66. The summed E-state index contributed by atoms with van der Waals surface area (Å²) in [5.74, 6) is 0.782. The van der Waals surface area contributed by atoms with E-state index in [1.807, 2.05) is 18.2 Å². The molecule has 2 fully saturated rings. The standard InChI is InChI=1S/C30H41N5O4/c1-22(36)34-21-28(17-29(34)30(37)32-19-26-9-5-8-25(16-26)18-31)33(15-14-23-6-3-2-4-7-23)20-24-10-12-27(13-11-24)35(38)39/h2-4,6-7,10-13,25-26,28-29H,5,8-9,14-21,31H2,1H3,(H,32,37). The van der Waals surface area contributed by atoms with Crippen LogP contribution in [0.3, 0.4) is 0 Å². The van der Waals surface area contributed by atoms with E-state index in [4.69, 9.17) is 5.73 Å². The van der Waals surface area contributed by atoms with Gasteiger partial charge in [-0.2, -0.15) is 0 Å². The summed E-state index contributed by atoms with van der Waals surface area (Å²) < 4.78 is 0. The quantitative estimate of drug-likeness (QED) is 0.335. The van der Waals surface area contributed by atoms with Crippen molar-refractivity contribution in [3.05, 3.63) is 75.8 Å². The highest BCUT2D eigenvalue weighted by atomic mass is 16.6. The Labute approximate surface area is 230 Å². The van der Waals surface area contributed by atoms with Crippen molar-refractivity contribution < 1.29 is 14.5 Å². The van der Waals surface area contributed by atoms with Crippen LogP contribution < -0.4 is 11.1 Å². The molecule has 2 amide bonds. The molecule has 0 spiro atoms. The van der Waals surface area contributed by atoms with Crippen LogP contribution in [0.25, 0.3) is 0 Å². The highest BCUT2D eigenvalue weighted by Crippen LogP contribution is 2.29. The first-order chi connectivity index (χ1) is 18.8. The normalized spacial score (nSPS) is 23.1. The van der Waals surface area contributed by atoms with Crippen molar-refractivity contribution in [3.63, 3.8) is 0 Å². The van der Waals surface area contributed by atoms with Crippen molar-refractivity contribution in [2.45, 2.75) is 64.1 Å². The molecule has 4 rings (SSSR count). The third-order valence-electron chi connectivity index (χ3n) is 8.36. The Kier molecular flexibility index (Phi) is 10.1. The number of likely N-dealkylation sites (tertiary alicyclic amines) is 1. The molecule has 2 aromatic rings. The van der Waals surface area contributed by atoms with E-state index >= 15 is 0 Å². The van der Waals surface area contributed by atoms with Gasteiger partial charge in [-0.25, -0.2) is 0 Å². The lowest BCUT2D eigenvalue weighted by atomic mass is 9.81. The van der Waals surface area contributed by atoms with Crippen LogP contribution in [-0.2, 0) is 22.6 Å². The van der Waals surface area contributed by atoms with Crippen molar-refractivity contribution in [3.8, 4) is 0 Å². The minimum Gasteiger partial charge on any atom is -0.354 e. The van der Waals surface area contributed by atoms with Crippen molar-refractivity contribution in [2.75, 3.05) is 26.2 Å². The van der Waals surface area contributed by atoms with E-state index in [2.05, 4.69) is 22.3 Å². The maximum absolute atomic E-state index is 13.3. The van der Waals surface area contributed by atoms with Gasteiger partial charge in [0.1, 0.15) is 6.04 Å². The fraction of sp³-hybridized carbons (Fsp3) is 0.533. The number of nitrogens with zero attached hydrogens (tertiary/aromatic N) is 3. The first kappa shape index (κ1) is 28.7. The van der Waals surface area contributed by atoms with Crippen molar-refractivity contribution in [1.82, 2.24) is 15.1 Å². The number of amides is 2. The second kappa shape index (κ2) is 13.7. The summed E-state index contributed by atoms with van der Waals surface area (Å²) in [6.07, 6.45) is 5.84. The molecule has 9 heteroatoms. The SMILES string of the molecule is CC(=O)N1CC(N(CCc2ccccc2)Cc2ccc([N+](=O)[O-])cc2)CC1C(=O)NCC1CCCC(CN)C1. The van der Waals surface area contributed by atoms with Gasteiger partial charge in [0.05, 0.1) is 4.92 Å². The molecule has 210 valence electrons. The maximum atomic E-state index is 13.3. The van der Waals surface area contributed by atoms with Crippen LogP contribution in [0.15, 0.2) is 54.6 Å².